The number of aromatic nitrogens is 1. The minimum absolute atomic E-state index is 0.0842. The normalized spacial score (nSPS) is 14.8. The molecule has 28 heavy (non-hydrogen) atoms. The fraction of sp³-hybridized carbons (Fsp3) is 0.476. The molecule has 0 saturated carbocycles. The third-order valence-corrected chi connectivity index (χ3v) is 5.84. The van der Waals surface area contributed by atoms with Gasteiger partial charge in [-0.1, -0.05) is 23.7 Å². The molecule has 1 saturated heterocycles. The van der Waals surface area contributed by atoms with Crippen molar-refractivity contribution in [1.29, 1.82) is 0 Å². The molecule has 1 aromatic heterocycles. The zero-order valence-electron chi connectivity index (χ0n) is 16.3. The molecular weight excluding hydrogens is 374 g/mol. The Bertz CT molecular complexity index is 806. The van der Waals surface area contributed by atoms with Crippen LogP contribution in [0.4, 0.5) is 0 Å². The van der Waals surface area contributed by atoms with E-state index >= 15 is 0 Å². The number of carbonyl (C=O) groups is 2. The maximum Gasteiger partial charge on any atom is 0.252 e. The summed E-state index contributed by atoms with van der Waals surface area (Å²) >= 11 is 1.56. The highest BCUT2D eigenvalue weighted by Crippen LogP contribution is 2.26. The zero-order valence-corrected chi connectivity index (χ0v) is 17.1. The van der Waals surface area contributed by atoms with Gasteiger partial charge in [-0.2, -0.15) is 0 Å². The summed E-state index contributed by atoms with van der Waals surface area (Å²) in [5.74, 6) is 1.58. The van der Waals surface area contributed by atoms with Crippen LogP contribution < -0.4 is 5.32 Å². The average Bonchev–Trinajstić information content (AvgIpc) is 3.01. The van der Waals surface area contributed by atoms with Gasteiger partial charge in [-0.25, -0.2) is 0 Å². The third-order valence-electron chi connectivity index (χ3n) is 4.74. The minimum Gasteiger partial charge on any atom is -0.360 e. The fourth-order valence-corrected chi connectivity index (χ4v) is 4.18. The molecule has 0 aliphatic carbocycles. The van der Waals surface area contributed by atoms with E-state index in [4.69, 9.17) is 4.52 Å². The van der Waals surface area contributed by atoms with Crippen LogP contribution in [0.1, 0.15) is 53.9 Å². The molecule has 3 rings (SSSR count). The van der Waals surface area contributed by atoms with Crippen molar-refractivity contribution in [3.05, 3.63) is 47.3 Å². The van der Waals surface area contributed by atoms with Crippen molar-refractivity contribution >= 4 is 23.6 Å². The maximum atomic E-state index is 12.6. The first-order valence-corrected chi connectivity index (χ1v) is 10.8. The SMILES string of the molecule is Cc1cc(CSc2ccccc2C(=O)NCCCN2CCCCCC2=O)on1. The van der Waals surface area contributed by atoms with E-state index in [1.54, 1.807) is 11.8 Å². The quantitative estimate of drug-likeness (QED) is 0.538. The van der Waals surface area contributed by atoms with Crippen LogP contribution in [0.25, 0.3) is 0 Å². The Morgan fingerprint density at radius 1 is 1.29 bits per heavy atom. The summed E-state index contributed by atoms with van der Waals surface area (Å²) in [5, 5.41) is 6.88. The van der Waals surface area contributed by atoms with Gasteiger partial charge in [0, 0.05) is 37.0 Å². The lowest BCUT2D eigenvalue weighted by Gasteiger charge is -2.20. The Hall–Kier alpha value is -2.28. The molecule has 1 aromatic carbocycles. The van der Waals surface area contributed by atoms with Gasteiger partial charge in [-0.3, -0.25) is 9.59 Å². The second kappa shape index (κ2) is 10.3. The Kier molecular flexibility index (Phi) is 7.54. The zero-order chi connectivity index (χ0) is 19.8. The van der Waals surface area contributed by atoms with Crippen LogP contribution in [0.2, 0.25) is 0 Å². The molecule has 1 aliphatic rings. The molecule has 1 aliphatic heterocycles. The molecule has 2 aromatic rings. The number of nitrogens with zero attached hydrogens (tertiary/aromatic N) is 2. The van der Waals surface area contributed by atoms with E-state index in [1.165, 1.54) is 0 Å². The molecule has 1 N–H and O–H groups in total. The summed E-state index contributed by atoms with van der Waals surface area (Å²) in [7, 11) is 0. The predicted molar refractivity (Wildman–Crippen MR) is 109 cm³/mol. The number of thioether (sulfide) groups is 1. The second-order valence-corrected chi connectivity index (χ2v) is 8.04. The molecule has 2 amide bonds. The van der Waals surface area contributed by atoms with E-state index in [0.717, 1.165) is 48.6 Å². The number of rotatable bonds is 8. The molecule has 2 heterocycles. The fourth-order valence-electron chi connectivity index (χ4n) is 3.26. The molecule has 0 spiro atoms. The lowest BCUT2D eigenvalue weighted by Crippen LogP contribution is -2.34. The highest BCUT2D eigenvalue weighted by molar-refractivity contribution is 7.98. The van der Waals surface area contributed by atoms with E-state index in [2.05, 4.69) is 10.5 Å². The Morgan fingerprint density at radius 2 is 2.14 bits per heavy atom. The molecule has 0 radical (unpaired) electrons. The van der Waals surface area contributed by atoms with Gasteiger partial charge in [0.15, 0.2) is 0 Å². The van der Waals surface area contributed by atoms with Gasteiger partial charge in [0.05, 0.1) is 17.0 Å². The van der Waals surface area contributed by atoms with Crippen LogP contribution in [0.15, 0.2) is 39.8 Å². The van der Waals surface area contributed by atoms with Crippen LogP contribution in [-0.4, -0.2) is 41.5 Å². The predicted octanol–water partition coefficient (Wildman–Crippen LogP) is 3.80. The highest BCUT2D eigenvalue weighted by Gasteiger charge is 2.16. The van der Waals surface area contributed by atoms with Crippen LogP contribution in [0.3, 0.4) is 0 Å². The van der Waals surface area contributed by atoms with Crippen LogP contribution >= 0.6 is 11.8 Å². The summed E-state index contributed by atoms with van der Waals surface area (Å²) in [4.78, 5) is 27.5. The largest absolute Gasteiger partial charge is 0.360 e. The van der Waals surface area contributed by atoms with E-state index in [9.17, 15) is 9.59 Å². The standard InChI is InChI=1S/C21H27N3O3S/c1-16-14-17(27-23-16)15-28-19-9-5-4-8-18(19)21(26)22-11-7-13-24-12-6-2-3-10-20(24)25/h4-5,8-9,14H,2-3,6-7,10-13,15H2,1H3,(H,22,26). The highest BCUT2D eigenvalue weighted by atomic mass is 32.2. The van der Waals surface area contributed by atoms with Crippen LogP contribution in [0.5, 0.6) is 0 Å². The molecule has 1 fully saturated rings. The van der Waals surface area contributed by atoms with E-state index in [-0.39, 0.29) is 11.8 Å². The van der Waals surface area contributed by atoms with Gasteiger partial charge < -0.3 is 14.7 Å². The second-order valence-electron chi connectivity index (χ2n) is 7.02. The van der Waals surface area contributed by atoms with Gasteiger partial charge in [0.2, 0.25) is 5.91 Å². The molecule has 0 unspecified atom stereocenters. The van der Waals surface area contributed by atoms with Crippen molar-refractivity contribution in [2.45, 2.75) is 49.7 Å². The molecule has 150 valence electrons. The molecule has 6 nitrogen and oxygen atoms in total. The van der Waals surface area contributed by atoms with Crippen molar-refractivity contribution in [3.8, 4) is 0 Å². The third kappa shape index (κ3) is 5.86. The van der Waals surface area contributed by atoms with Gasteiger partial charge >= 0.3 is 0 Å². The van der Waals surface area contributed by atoms with E-state index in [1.807, 2.05) is 42.2 Å². The van der Waals surface area contributed by atoms with Crippen LogP contribution in [0, 0.1) is 6.92 Å². The topological polar surface area (TPSA) is 75.4 Å². The first-order valence-electron chi connectivity index (χ1n) is 9.83. The Balaban J connectivity index is 1.48. The van der Waals surface area contributed by atoms with Crippen molar-refractivity contribution in [1.82, 2.24) is 15.4 Å². The van der Waals surface area contributed by atoms with Gasteiger partial charge in [-0.05, 0) is 38.3 Å². The number of amides is 2. The summed E-state index contributed by atoms with van der Waals surface area (Å²) in [5.41, 5.74) is 1.51. The number of nitrogens with one attached hydrogen (secondary N) is 1. The number of benzene rings is 1. The van der Waals surface area contributed by atoms with Gasteiger partial charge in [0.1, 0.15) is 5.76 Å². The monoisotopic (exact) mass is 401 g/mol. The number of carbonyl (C=O) groups excluding carboxylic acids is 2. The number of hydrogen-bond donors (Lipinski definition) is 1. The molecule has 0 atom stereocenters. The summed E-state index contributed by atoms with van der Waals surface area (Å²) < 4.78 is 5.24. The Labute approximate surface area is 170 Å². The molecule has 7 heteroatoms. The van der Waals surface area contributed by atoms with Crippen molar-refractivity contribution in [2.24, 2.45) is 0 Å². The first-order chi connectivity index (χ1) is 13.6. The molecule has 0 bridgehead atoms. The van der Waals surface area contributed by atoms with Crippen molar-refractivity contribution in [2.75, 3.05) is 19.6 Å². The summed E-state index contributed by atoms with van der Waals surface area (Å²) in [6, 6.07) is 9.48. The lowest BCUT2D eigenvalue weighted by atomic mass is 10.2. The summed E-state index contributed by atoms with van der Waals surface area (Å²) in [6.07, 6.45) is 4.62. The first kappa shape index (κ1) is 20.5. The van der Waals surface area contributed by atoms with Crippen LogP contribution in [-0.2, 0) is 10.5 Å². The molecular formula is C21H27N3O3S. The maximum absolute atomic E-state index is 12.6. The smallest absolute Gasteiger partial charge is 0.252 e. The Morgan fingerprint density at radius 3 is 2.96 bits per heavy atom. The number of aryl methyl sites for hydroxylation is 1. The van der Waals surface area contributed by atoms with Crippen molar-refractivity contribution in [3.63, 3.8) is 0 Å². The van der Waals surface area contributed by atoms with Crippen molar-refractivity contribution < 1.29 is 14.1 Å². The van der Waals surface area contributed by atoms with E-state index in [0.29, 0.717) is 30.8 Å². The van der Waals surface area contributed by atoms with Gasteiger partial charge in [0.25, 0.3) is 5.91 Å². The summed E-state index contributed by atoms with van der Waals surface area (Å²) in [6.45, 7) is 3.99. The van der Waals surface area contributed by atoms with E-state index < -0.39 is 0 Å². The van der Waals surface area contributed by atoms with Gasteiger partial charge in [-0.15, -0.1) is 11.8 Å². The lowest BCUT2D eigenvalue weighted by molar-refractivity contribution is -0.130. The average molecular weight is 402 g/mol. The number of hydrogen-bond acceptors (Lipinski definition) is 5. The number of likely N-dealkylation sites (tertiary alicyclic amines) is 1. The minimum atomic E-state index is -0.0842.